The number of amides is 2. The Balaban J connectivity index is 1.66. The van der Waals surface area contributed by atoms with Gasteiger partial charge in [0, 0.05) is 10.6 Å². The number of halogens is 2. The van der Waals surface area contributed by atoms with E-state index in [1.54, 1.807) is 42.5 Å². The largest absolute Gasteiger partial charge is 0.490 e. The second-order valence-electron chi connectivity index (χ2n) is 7.44. The standard InChI is InChI=1S/C26H20BrClN2O4S/c1-2-33-22-14-16(13-20(27)23(22)34-15-17-8-6-7-11-21(17)28)12-19-24(31)29-26(35)30(25(19)32)18-9-4-3-5-10-18/h3-14H,2,15H2,1H3,(H,29,31,35). The smallest absolute Gasteiger partial charge is 0.270 e. The minimum atomic E-state index is -0.569. The van der Waals surface area contributed by atoms with Crippen molar-refractivity contribution in [2.75, 3.05) is 11.5 Å². The maximum absolute atomic E-state index is 13.2. The molecule has 0 unspecified atom stereocenters. The van der Waals surface area contributed by atoms with Crippen molar-refractivity contribution >= 4 is 68.4 Å². The molecule has 3 aromatic rings. The van der Waals surface area contributed by atoms with E-state index < -0.39 is 11.8 Å². The molecule has 0 radical (unpaired) electrons. The highest BCUT2D eigenvalue weighted by molar-refractivity contribution is 9.10. The molecule has 0 bridgehead atoms. The molecule has 3 aromatic carbocycles. The fourth-order valence-corrected chi connectivity index (χ4v) is 4.52. The van der Waals surface area contributed by atoms with E-state index >= 15 is 0 Å². The molecule has 0 aliphatic carbocycles. The van der Waals surface area contributed by atoms with Gasteiger partial charge in [-0.3, -0.25) is 19.8 Å². The van der Waals surface area contributed by atoms with Gasteiger partial charge in [-0.2, -0.15) is 0 Å². The Morgan fingerprint density at radius 2 is 1.77 bits per heavy atom. The third-order valence-corrected chi connectivity index (χ3v) is 6.33. The number of para-hydroxylation sites is 1. The van der Waals surface area contributed by atoms with Crippen LogP contribution in [0.25, 0.3) is 6.08 Å². The molecule has 0 spiro atoms. The molecule has 1 N–H and O–H groups in total. The number of carbonyl (C=O) groups is 2. The molecule has 0 atom stereocenters. The number of carbonyl (C=O) groups excluding carboxylic acids is 2. The number of ether oxygens (including phenoxy) is 2. The van der Waals surface area contributed by atoms with Crippen molar-refractivity contribution in [1.29, 1.82) is 0 Å². The summed E-state index contributed by atoms with van der Waals surface area (Å²) in [6, 6.07) is 19.8. The fourth-order valence-electron chi connectivity index (χ4n) is 3.48. The molecular formula is C26H20BrClN2O4S. The van der Waals surface area contributed by atoms with E-state index in [4.69, 9.17) is 33.3 Å². The number of hydrogen-bond donors (Lipinski definition) is 1. The molecule has 1 fully saturated rings. The SMILES string of the molecule is CCOc1cc(C=C2C(=O)NC(=S)N(c3ccccc3)C2=O)cc(Br)c1OCc1ccccc1Cl. The monoisotopic (exact) mass is 570 g/mol. The van der Waals surface area contributed by atoms with E-state index in [-0.39, 0.29) is 17.3 Å². The summed E-state index contributed by atoms with van der Waals surface area (Å²) in [6.45, 7) is 2.49. The lowest BCUT2D eigenvalue weighted by Gasteiger charge is -2.28. The summed E-state index contributed by atoms with van der Waals surface area (Å²) in [6.07, 6.45) is 1.50. The molecule has 1 aliphatic heterocycles. The Labute approximate surface area is 221 Å². The van der Waals surface area contributed by atoms with Gasteiger partial charge < -0.3 is 9.47 Å². The minimum Gasteiger partial charge on any atom is -0.490 e. The van der Waals surface area contributed by atoms with Gasteiger partial charge in [-0.1, -0.05) is 48.0 Å². The van der Waals surface area contributed by atoms with Gasteiger partial charge in [-0.05, 0) is 77.0 Å². The highest BCUT2D eigenvalue weighted by atomic mass is 79.9. The lowest BCUT2D eigenvalue weighted by molar-refractivity contribution is -0.122. The second kappa shape index (κ2) is 11.0. The van der Waals surface area contributed by atoms with Crippen LogP contribution in [-0.2, 0) is 16.2 Å². The zero-order valence-electron chi connectivity index (χ0n) is 18.6. The number of nitrogens with zero attached hydrogens (tertiary/aromatic N) is 1. The summed E-state index contributed by atoms with van der Waals surface area (Å²) in [5, 5.41) is 3.22. The van der Waals surface area contributed by atoms with Gasteiger partial charge in [0.15, 0.2) is 16.6 Å². The zero-order valence-corrected chi connectivity index (χ0v) is 21.7. The predicted octanol–water partition coefficient (Wildman–Crippen LogP) is 5.91. The van der Waals surface area contributed by atoms with Gasteiger partial charge >= 0.3 is 0 Å². The normalized spacial score (nSPS) is 14.8. The molecule has 35 heavy (non-hydrogen) atoms. The summed E-state index contributed by atoms with van der Waals surface area (Å²) in [5.41, 5.74) is 1.91. The summed E-state index contributed by atoms with van der Waals surface area (Å²) >= 11 is 15.0. The van der Waals surface area contributed by atoms with E-state index in [1.165, 1.54) is 11.0 Å². The molecule has 2 amide bonds. The lowest BCUT2D eigenvalue weighted by Crippen LogP contribution is -2.54. The van der Waals surface area contributed by atoms with Crippen LogP contribution in [0.3, 0.4) is 0 Å². The summed E-state index contributed by atoms with van der Waals surface area (Å²) in [5.74, 6) is -0.140. The van der Waals surface area contributed by atoms with Gasteiger partial charge in [-0.15, -0.1) is 0 Å². The third kappa shape index (κ3) is 5.56. The molecule has 0 aromatic heterocycles. The summed E-state index contributed by atoms with van der Waals surface area (Å²) in [7, 11) is 0. The zero-order chi connectivity index (χ0) is 24.9. The molecule has 1 heterocycles. The quantitative estimate of drug-likeness (QED) is 0.217. The number of anilines is 1. The summed E-state index contributed by atoms with van der Waals surface area (Å²) < 4.78 is 12.4. The van der Waals surface area contributed by atoms with Crippen molar-refractivity contribution in [1.82, 2.24) is 5.32 Å². The first-order valence-corrected chi connectivity index (χ1v) is 12.3. The molecular weight excluding hydrogens is 552 g/mol. The van der Waals surface area contributed by atoms with Gasteiger partial charge in [0.25, 0.3) is 11.8 Å². The maximum Gasteiger partial charge on any atom is 0.270 e. The van der Waals surface area contributed by atoms with Crippen LogP contribution in [0.5, 0.6) is 11.5 Å². The van der Waals surface area contributed by atoms with Crippen molar-refractivity contribution in [3.63, 3.8) is 0 Å². The number of thiocarbonyl (C=S) groups is 1. The van der Waals surface area contributed by atoms with E-state index in [0.29, 0.717) is 38.9 Å². The van der Waals surface area contributed by atoms with Gasteiger partial charge in [-0.25, -0.2) is 0 Å². The Morgan fingerprint density at radius 3 is 2.49 bits per heavy atom. The van der Waals surface area contributed by atoms with E-state index in [9.17, 15) is 9.59 Å². The Morgan fingerprint density at radius 1 is 1.06 bits per heavy atom. The van der Waals surface area contributed by atoms with Crippen molar-refractivity contribution in [2.45, 2.75) is 13.5 Å². The van der Waals surface area contributed by atoms with Crippen molar-refractivity contribution in [3.8, 4) is 11.5 Å². The van der Waals surface area contributed by atoms with Crippen LogP contribution in [-0.4, -0.2) is 23.5 Å². The predicted molar refractivity (Wildman–Crippen MR) is 144 cm³/mol. The molecule has 1 saturated heterocycles. The van der Waals surface area contributed by atoms with Crippen molar-refractivity contribution < 1.29 is 19.1 Å². The Kier molecular flexibility index (Phi) is 7.85. The Bertz CT molecular complexity index is 1330. The third-order valence-electron chi connectivity index (χ3n) is 5.09. The van der Waals surface area contributed by atoms with Gasteiger partial charge in [0.1, 0.15) is 12.2 Å². The van der Waals surface area contributed by atoms with Crippen LogP contribution in [0.15, 0.2) is 76.8 Å². The minimum absolute atomic E-state index is 0.0304. The number of nitrogens with one attached hydrogen (secondary N) is 1. The molecule has 4 rings (SSSR count). The average molecular weight is 572 g/mol. The van der Waals surface area contributed by atoms with Crippen molar-refractivity contribution in [2.24, 2.45) is 0 Å². The molecule has 178 valence electrons. The highest BCUT2D eigenvalue weighted by Crippen LogP contribution is 2.38. The summed E-state index contributed by atoms with van der Waals surface area (Å²) in [4.78, 5) is 27.2. The van der Waals surface area contributed by atoms with E-state index in [1.807, 2.05) is 31.2 Å². The van der Waals surface area contributed by atoms with Crippen LogP contribution in [0.1, 0.15) is 18.1 Å². The van der Waals surface area contributed by atoms with Crippen LogP contribution < -0.4 is 19.7 Å². The van der Waals surface area contributed by atoms with E-state index in [0.717, 1.165) is 5.56 Å². The van der Waals surface area contributed by atoms with Crippen LogP contribution in [0, 0.1) is 0 Å². The first-order chi connectivity index (χ1) is 16.9. The van der Waals surface area contributed by atoms with Crippen molar-refractivity contribution in [3.05, 3.63) is 92.9 Å². The van der Waals surface area contributed by atoms with Crippen LogP contribution in [0.4, 0.5) is 5.69 Å². The first kappa shape index (κ1) is 24.9. The number of hydrogen-bond acceptors (Lipinski definition) is 5. The fraction of sp³-hybridized carbons (Fsp3) is 0.115. The van der Waals surface area contributed by atoms with Crippen LogP contribution in [0.2, 0.25) is 5.02 Å². The highest BCUT2D eigenvalue weighted by Gasteiger charge is 2.34. The molecule has 1 aliphatic rings. The maximum atomic E-state index is 13.2. The molecule has 9 heteroatoms. The van der Waals surface area contributed by atoms with Gasteiger partial charge in [0.05, 0.1) is 16.8 Å². The van der Waals surface area contributed by atoms with Gasteiger partial charge in [0.2, 0.25) is 0 Å². The average Bonchev–Trinajstić information content (AvgIpc) is 2.83. The Hall–Kier alpha value is -3.20. The van der Waals surface area contributed by atoms with Crippen LogP contribution >= 0.6 is 39.7 Å². The number of rotatable bonds is 7. The second-order valence-corrected chi connectivity index (χ2v) is 9.08. The molecule has 0 saturated carbocycles. The first-order valence-electron chi connectivity index (χ1n) is 10.7. The van der Waals surface area contributed by atoms with E-state index in [2.05, 4.69) is 21.2 Å². The lowest BCUT2D eigenvalue weighted by atomic mass is 10.1. The molecule has 6 nitrogen and oxygen atoms in total. The number of benzene rings is 3. The topological polar surface area (TPSA) is 67.9 Å².